The number of nitrogens with two attached hydrogens (primary N) is 1. The average molecular weight is 139 g/mol. The molecule has 0 amide bonds. The Labute approximate surface area is 50.9 Å². The Morgan fingerprint density at radius 1 is 1.50 bits per heavy atom. The van der Waals surface area contributed by atoms with E-state index >= 15 is 0 Å². The SMILES string of the molecule is C.CCCS(N)(=O)=O. The van der Waals surface area contributed by atoms with Crippen molar-refractivity contribution in [3.63, 3.8) is 0 Å². The molecular weight excluding hydrogens is 126 g/mol. The predicted molar refractivity (Wildman–Crippen MR) is 35.0 cm³/mol. The molecule has 0 bridgehead atoms. The molecule has 8 heavy (non-hydrogen) atoms. The molecule has 0 radical (unpaired) electrons. The van der Waals surface area contributed by atoms with Crippen LogP contribution in [0.25, 0.3) is 0 Å². The van der Waals surface area contributed by atoms with Gasteiger partial charge in [0.2, 0.25) is 10.0 Å². The molecule has 0 spiro atoms. The van der Waals surface area contributed by atoms with E-state index in [9.17, 15) is 8.42 Å². The fourth-order valence-corrected chi connectivity index (χ4v) is 0.854. The first-order chi connectivity index (χ1) is 3.06. The van der Waals surface area contributed by atoms with Crippen LogP contribution in [0.5, 0.6) is 0 Å². The van der Waals surface area contributed by atoms with E-state index in [0.29, 0.717) is 6.42 Å². The number of hydrogen-bond acceptors (Lipinski definition) is 2. The van der Waals surface area contributed by atoms with E-state index in [1.807, 2.05) is 0 Å². The van der Waals surface area contributed by atoms with Crippen molar-refractivity contribution >= 4 is 10.0 Å². The molecule has 0 aliphatic carbocycles. The molecule has 0 aliphatic heterocycles. The standard InChI is InChI=1S/C3H9NO2S.CH4/c1-2-3-7(4,5)6;/h2-3H2,1H3,(H2,4,5,6);1H4. The van der Waals surface area contributed by atoms with Crippen molar-refractivity contribution in [1.82, 2.24) is 0 Å². The quantitative estimate of drug-likeness (QED) is 0.599. The Hall–Kier alpha value is -0.0900. The third-order valence-corrected chi connectivity index (χ3v) is 1.47. The maximum absolute atomic E-state index is 10.0. The Morgan fingerprint density at radius 2 is 1.88 bits per heavy atom. The topological polar surface area (TPSA) is 60.2 Å². The van der Waals surface area contributed by atoms with Gasteiger partial charge in [0.05, 0.1) is 5.75 Å². The fourth-order valence-electron chi connectivity index (χ4n) is 0.285. The molecule has 0 aromatic rings. The zero-order valence-electron chi connectivity index (χ0n) is 4.22. The maximum atomic E-state index is 10.0. The zero-order valence-corrected chi connectivity index (χ0v) is 5.03. The Morgan fingerprint density at radius 3 is 1.88 bits per heavy atom. The Kier molecular flexibility index (Phi) is 5.21. The number of hydrogen-bond donors (Lipinski definition) is 1. The van der Waals surface area contributed by atoms with Crippen LogP contribution in [0.2, 0.25) is 0 Å². The van der Waals surface area contributed by atoms with E-state index in [2.05, 4.69) is 5.14 Å². The summed E-state index contributed by atoms with van der Waals surface area (Å²) in [5.74, 6) is 0.0903. The number of sulfonamides is 1. The first kappa shape index (κ1) is 10.8. The molecule has 0 fully saturated rings. The smallest absolute Gasteiger partial charge is 0.209 e. The van der Waals surface area contributed by atoms with Gasteiger partial charge in [-0.1, -0.05) is 14.4 Å². The second-order valence-corrected chi connectivity index (χ2v) is 3.10. The summed E-state index contributed by atoms with van der Waals surface area (Å²) in [6.07, 6.45) is 0.596. The van der Waals surface area contributed by atoms with Crippen molar-refractivity contribution in [3.8, 4) is 0 Å². The highest BCUT2D eigenvalue weighted by Crippen LogP contribution is 1.79. The van der Waals surface area contributed by atoms with Crippen molar-refractivity contribution in [2.75, 3.05) is 5.75 Å². The van der Waals surface area contributed by atoms with Crippen LogP contribution < -0.4 is 5.14 Å². The van der Waals surface area contributed by atoms with Crippen LogP contribution in [0, 0.1) is 0 Å². The number of primary sulfonamides is 1. The predicted octanol–water partition coefficient (Wildman–Crippen LogP) is 0.321. The van der Waals surface area contributed by atoms with Gasteiger partial charge >= 0.3 is 0 Å². The zero-order chi connectivity index (χ0) is 5.91. The van der Waals surface area contributed by atoms with Crippen LogP contribution in [-0.2, 0) is 10.0 Å². The van der Waals surface area contributed by atoms with Gasteiger partial charge in [-0.05, 0) is 6.42 Å². The summed E-state index contributed by atoms with van der Waals surface area (Å²) in [7, 11) is -3.17. The summed E-state index contributed by atoms with van der Waals surface area (Å²) in [4.78, 5) is 0. The minimum Gasteiger partial charge on any atom is -0.229 e. The molecule has 0 aliphatic rings. The summed E-state index contributed by atoms with van der Waals surface area (Å²) >= 11 is 0. The van der Waals surface area contributed by atoms with Crippen LogP contribution in [0.1, 0.15) is 20.8 Å². The largest absolute Gasteiger partial charge is 0.229 e. The molecule has 2 N–H and O–H groups in total. The van der Waals surface area contributed by atoms with Gasteiger partial charge in [-0.15, -0.1) is 0 Å². The monoisotopic (exact) mass is 139 g/mol. The van der Waals surface area contributed by atoms with Gasteiger partial charge in [0.25, 0.3) is 0 Å². The van der Waals surface area contributed by atoms with Crippen LogP contribution >= 0.6 is 0 Å². The summed E-state index contributed by atoms with van der Waals surface area (Å²) in [5.41, 5.74) is 0. The minimum absolute atomic E-state index is 0. The van der Waals surface area contributed by atoms with Crippen LogP contribution in [0.3, 0.4) is 0 Å². The number of rotatable bonds is 2. The highest BCUT2D eigenvalue weighted by molar-refractivity contribution is 7.89. The molecule has 0 atom stereocenters. The van der Waals surface area contributed by atoms with E-state index in [0.717, 1.165) is 0 Å². The summed E-state index contributed by atoms with van der Waals surface area (Å²) in [6.45, 7) is 1.77. The van der Waals surface area contributed by atoms with Crippen molar-refractivity contribution in [3.05, 3.63) is 0 Å². The molecule has 0 saturated heterocycles. The lowest BCUT2D eigenvalue weighted by atomic mass is 10.6. The van der Waals surface area contributed by atoms with E-state index < -0.39 is 10.0 Å². The molecular formula is C4H13NO2S. The first-order valence-corrected chi connectivity index (χ1v) is 3.78. The lowest BCUT2D eigenvalue weighted by molar-refractivity contribution is 0.596. The fraction of sp³-hybridized carbons (Fsp3) is 1.00. The van der Waals surface area contributed by atoms with Gasteiger partial charge in [-0.3, -0.25) is 0 Å². The third-order valence-electron chi connectivity index (χ3n) is 0.489. The molecule has 4 heteroatoms. The van der Waals surface area contributed by atoms with Gasteiger partial charge < -0.3 is 0 Å². The van der Waals surface area contributed by atoms with E-state index in [4.69, 9.17) is 0 Å². The van der Waals surface area contributed by atoms with E-state index in [1.165, 1.54) is 0 Å². The van der Waals surface area contributed by atoms with Crippen LogP contribution in [0.4, 0.5) is 0 Å². The van der Waals surface area contributed by atoms with E-state index in [1.54, 1.807) is 6.92 Å². The van der Waals surface area contributed by atoms with Crippen LogP contribution in [0.15, 0.2) is 0 Å². The molecule has 0 saturated carbocycles. The highest BCUT2D eigenvalue weighted by atomic mass is 32.2. The van der Waals surface area contributed by atoms with Gasteiger partial charge in [-0.2, -0.15) is 0 Å². The second kappa shape index (κ2) is 3.86. The second-order valence-electron chi connectivity index (χ2n) is 1.37. The lowest BCUT2D eigenvalue weighted by Crippen LogP contribution is -2.15. The van der Waals surface area contributed by atoms with Crippen molar-refractivity contribution in [1.29, 1.82) is 0 Å². The van der Waals surface area contributed by atoms with Gasteiger partial charge in [0.1, 0.15) is 0 Å². The molecule has 0 rings (SSSR count). The summed E-state index contributed by atoms with van der Waals surface area (Å²) in [6, 6.07) is 0. The Balaban J connectivity index is 0. The summed E-state index contributed by atoms with van der Waals surface area (Å²) in [5, 5.41) is 4.62. The maximum Gasteiger partial charge on any atom is 0.209 e. The third kappa shape index (κ3) is 9.32. The molecule has 0 aromatic heterocycles. The van der Waals surface area contributed by atoms with Gasteiger partial charge in [-0.25, -0.2) is 13.6 Å². The molecule has 52 valence electrons. The average Bonchev–Trinajstić information content (AvgIpc) is 1.30. The van der Waals surface area contributed by atoms with Crippen molar-refractivity contribution < 1.29 is 8.42 Å². The first-order valence-electron chi connectivity index (χ1n) is 2.06. The Bertz CT molecular complexity index is 127. The lowest BCUT2D eigenvalue weighted by Gasteiger charge is -1.87. The van der Waals surface area contributed by atoms with Gasteiger partial charge in [0, 0.05) is 0 Å². The van der Waals surface area contributed by atoms with Crippen LogP contribution in [-0.4, -0.2) is 14.2 Å². The summed E-state index contributed by atoms with van der Waals surface area (Å²) < 4.78 is 20.0. The highest BCUT2D eigenvalue weighted by Gasteiger charge is 1.95. The molecule has 0 aromatic carbocycles. The van der Waals surface area contributed by atoms with Gasteiger partial charge in [0.15, 0.2) is 0 Å². The molecule has 0 unspecified atom stereocenters. The van der Waals surface area contributed by atoms with E-state index in [-0.39, 0.29) is 13.2 Å². The normalized spacial score (nSPS) is 10.2. The minimum atomic E-state index is -3.17. The van der Waals surface area contributed by atoms with Crippen molar-refractivity contribution in [2.24, 2.45) is 5.14 Å². The molecule has 0 heterocycles. The molecule has 3 nitrogen and oxygen atoms in total. The van der Waals surface area contributed by atoms with Crippen molar-refractivity contribution in [2.45, 2.75) is 20.8 Å².